The van der Waals surface area contributed by atoms with Gasteiger partial charge in [0.2, 0.25) is 5.17 Å². The monoisotopic (exact) mass is 205 g/mol. The zero-order valence-electron chi connectivity index (χ0n) is 7.90. The van der Waals surface area contributed by atoms with Gasteiger partial charge in [0.15, 0.2) is 0 Å². The average molecular weight is 205 g/mol. The molecule has 1 aliphatic rings. The maximum Gasteiger partial charge on any atom is 0.206 e. The van der Waals surface area contributed by atoms with Crippen LogP contribution in [0.4, 0.5) is 0 Å². The number of amidine groups is 1. The first-order valence-corrected chi connectivity index (χ1v) is 5.39. The van der Waals surface area contributed by atoms with E-state index in [1.807, 2.05) is 18.2 Å². The maximum atomic E-state index is 4.42. The highest BCUT2D eigenvalue weighted by molar-refractivity contribution is 8.15. The van der Waals surface area contributed by atoms with Crippen LogP contribution in [0, 0.1) is 0 Å². The van der Waals surface area contributed by atoms with Crippen molar-refractivity contribution in [2.24, 2.45) is 10.1 Å². The second-order valence-corrected chi connectivity index (χ2v) is 3.77. The normalized spacial score (nSPS) is 18.4. The molecule has 4 heteroatoms. The topological polar surface area (TPSA) is 36.8 Å². The molecule has 0 radical (unpaired) electrons. The Morgan fingerprint density at radius 1 is 1.36 bits per heavy atom. The molecule has 0 bridgehead atoms. The summed E-state index contributed by atoms with van der Waals surface area (Å²) in [6, 6.07) is 10.2. The molecule has 1 aliphatic heterocycles. The fraction of sp³-hybridized carbons (Fsp3) is 0.200. The molecule has 2 rings (SSSR count). The zero-order valence-corrected chi connectivity index (χ0v) is 8.71. The summed E-state index contributed by atoms with van der Waals surface area (Å²) < 4.78 is 0. The Bertz CT molecular complexity index is 370. The van der Waals surface area contributed by atoms with E-state index in [-0.39, 0.29) is 0 Å². The van der Waals surface area contributed by atoms with E-state index in [1.165, 1.54) is 5.56 Å². The summed E-state index contributed by atoms with van der Waals surface area (Å²) in [6.07, 6.45) is 0. The molecule has 14 heavy (non-hydrogen) atoms. The van der Waals surface area contributed by atoms with Gasteiger partial charge in [0, 0.05) is 12.8 Å². The van der Waals surface area contributed by atoms with Crippen molar-refractivity contribution in [3.05, 3.63) is 35.9 Å². The third kappa shape index (κ3) is 1.96. The number of hydrogen-bond acceptors (Lipinski definition) is 3. The molecule has 0 amide bonds. The Hall–Kier alpha value is -1.29. The summed E-state index contributed by atoms with van der Waals surface area (Å²) in [7, 11) is 1.78. The second-order valence-electron chi connectivity index (χ2n) is 2.83. The van der Waals surface area contributed by atoms with Crippen LogP contribution in [0.15, 0.2) is 40.4 Å². The van der Waals surface area contributed by atoms with Crippen molar-refractivity contribution in [3.63, 3.8) is 0 Å². The van der Waals surface area contributed by atoms with Crippen LogP contribution in [0.2, 0.25) is 0 Å². The minimum absolute atomic E-state index is 0.811. The summed E-state index contributed by atoms with van der Waals surface area (Å²) in [5, 5.41) is 4.85. The number of benzene rings is 1. The number of nitrogens with zero attached hydrogens (tertiary/aromatic N) is 2. The van der Waals surface area contributed by atoms with Gasteiger partial charge in [0.25, 0.3) is 0 Å². The Kier molecular flexibility index (Phi) is 2.84. The van der Waals surface area contributed by atoms with Crippen molar-refractivity contribution in [3.8, 4) is 0 Å². The molecule has 0 spiro atoms. The first-order valence-electron chi connectivity index (χ1n) is 4.40. The van der Waals surface area contributed by atoms with Gasteiger partial charge in [-0.3, -0.25) is 0 Å². The van der Waals surface area contributed by atoms with Gasteiger partial charge >= 0.3 is 0 Å². The van der Waals surface area contributed by atoms with Crippen LogP contribution in [0.5, 0.6) is 0 Å². The fourth-order valence-electron chi connectivity index (χ4n) is 1.24. The smallest absolute Gasteiger partial charge is 0.206 e. The molecule has 1 heterocycles. The van der Waals surface area contributed by atoms with Crippen LogP contribution in [0.1, 0.15) is 5.56 Å². The summed E-state index contributed by atoms with van der Waals surface area (Å²) >= 11 is 1.65. The van der Waals surface area contributed by atoms with Crippen molar-refractivity contribution < 1.29 is 0 Å². The number of hydrazone groups is 1. The molecule has 1 aromatic rings. The van der Waals surface area contributed by atoms with E-state index in [0.29, 0.717) is 0 Å². The van der Waals surface area contributed by atoms with Crippen LogP contribution >= 0.6 is 11.8 Å². The molecule has 0 aromatic heterocycles. The van der Waals surface area contributed by atoms with Gasteiger partial charge in [-0.2, -0.15) is 5.10 Å². The van der Waals surface area contributed by atoms with Crippen molar-refractivity contribution in [1.29, 1.82) is 0 Å². The van der Waals surface area contributed by atoms with Crippen LogP contribution in [0.25, 0.3) is 0 Å². The number of thioether (sulfide) groups is 1. The minimum Gasteiger partial charge on any atom is -0.311 e. The number of nitrogens with one attached hydrogen (secondary N) is 1. The van der Waals surface area contributed by atoms with Crippen LogP contribution < -0.4 is 5.43 Å². The van der Waals surface area contributed by atoms with Gasteiger partial charge in [-0.25, -0.2) is 4.99 Å². The third-order valence-electron chi connectivity index (χ3n) is 1.88. The van der Waals surface area contributed by atoms with E-state index >= 15 is 0 Å². The SMILES string of the molecule is CNN=C1N=C(c2ccccc2)CS1. The highest BCUT2D eigenvalue weighted by Gasteiger charge is 2.14. The lowest BCUT2D eigenvalue weighted by Crippen LogP contribution is -1.99. The largest absolute Gasteiger partial charge is 0.311 e. The molecule has 0 saturated heterocycles. The van der Waals surface area contributed by atoms with E-state index in [9.17, 15) is 0 Å². The van der Waals surface area contributed by atoms with Gasteiger partial charge < -0.3 is 5.43 Å². The Balaban J connectivity index is 2.22. The van der Waals surface area contributed by atoms with Crippen LogP contribution in [-0.2, 0) is 0 Å². The molecule has 0 fully saturated rings. The van der Waals surface area contributed by atoms with Crippen molar-refractivity contribution in [1.82, 2.24) is 5.43 Å². The summed E-state index contributed by atoms with van der Waals surface area (Å²) in [5.41, 5.74) is 5.02. The van der Waals surface area contributed by atoms with Crippen LogP contribution in [-0.4, -0.2) is 23.7 Å². The van der Waals surface area contributed by atoms with Gasteiger partial charge in [-0.1, -0.05) is 42.1 Å². The van der Waals surface area contributed by atoms with E-state index < -0.39 is 0 Å². The summed E-state index contributed by atoms with van der Waals surface area (Å²) in [4.78, 5) is 4.42. The van der Waals surface area contributed by atoms with Crippen molar-refractivity contribution in [2.75, 3.05) is 12.8 Å². The van der Waals surface area contributed by atoms with Crippen LogP contribution in [0.3, 0.4) is 0 Å². The van der Waals surface area contributed by atoms with E-state index in [4.69, 9.17) is 0 Å². The standard InChI is InChI=1S/C10H11N3S/c1-11-13-10-12-9(7-14-10)8-5-3-2-4-6-8/h2-6,11H,7H2,1H3. The molecule has 1 aromatic carbocycles. The zero-order chi connectivity index (χ0) is 9.80. The molecule has 0 aliphatic carbocycles. The highest BCUT2D eigenvalue weighted by Crippen LogP contribution is 2.18. The van der Waals surface area contributed by atoms with Crippen molar-refractivity contribution in [2.45, 2.75) is 0 Å². The molecule has 3 nitrogen and oxygen atoms in total. The van der Waals surface area contributed by atoms with Gasteiger partial charge in [0.05, 0.1) is 5.71 Å². The fourth-order valence-corrected chi connectivity index (χ4v) is 2.07. The molecule has 0 unspecified atom stereocenters. The maximum absolute atomic E-state index is 4.42. The lowest BCUT2D eigenvalue weighted by atomic mass is 10.1. The van der Waals surface area contributed by atoms with Gasteiger partial charge in [0.1, 0.15) is 0 Å². The van der Waals surface area contributed by atoms with E-state index in [1.54, 1.807) is 18.8 Å². The predicted molar refractivity (Wildman–Crippen MR) is 61.9 cm³/mol. The minimum atomic E-state index is 0.811. The summed E-state index contributed by atoms with van der Waals surface area (Å²) in [5.74, 6) is 0.907. The molecular weight excluding hydrogens is 194 g/mol. The predicted octanol–water partition coefficient (Wildman–Crippen LogP) is 1.71. The lowest BCUT2D eigenvalue weighted by Gasteiger charge is -1.96. The summed E-state index contributed by atoms with van der Waals surface area (Å²) in [6.45, 7) is 0. The molecule has 1 N–H and O–H groups in total. The Labute approximate surface area is 87.3 Å². The quantitative estimate of drug-likeness (QED) is 0.746. The molecule has 72 valence electrons. The van der Waals surface area contributed by atoms with E-state index in [2.05, 4.69) is 27.7 Å². The third-order valence-corrected chi connectivity index (χ3v) is 2.74. The van der Waals surface area contributed by atoms with Gasteiger partial charge in [-0.05, 0) is 5.56 Å². The molecular formula is C10H11N3S. The first-order chi connectivity index (χ1) is 6.90. The molecule has 0 atom stereocenters. The number of rotatable bonds is 2. The second kappa shape index (κ2) is 4.28. The highest BCUT2D eigenvalue weighted by atomic mass is 32.2. The Morgan fingerprint density at radius 2 is 2.14 bits per heavy atom. The van der Waals surface area contributed by atoms with Crippen molar-refractivity contribution >= 4 is 22.6 Å². The van der Waals surface area contributed by atoms with E-state index in [0.717, 1.165) is 16.6 Å². The Morgan fingerprint density at radius 3 is 2.86 bits per heavy atom. The lowest BCUT2D eigenvalue weighted by molar-refractivity contribution is 0.903. The van der Waals surface area contributed by atoms with Gasteiger partial charge in [-0.15, -0.1) is 0 Å². The molecule has 0 saturated carbocycles. The first kappa shape index (κ1) is 9.27. The number of aliphatic imine (C=N–C) groups is 1. The number of hydrogen-bond donors (Lipinski definition) is 1. The average Bonchev–Trinajstić information content (AvgIpc) is 2.68.